The fraction of sp³-hybridized carbons (Fsp3) is 0.308. The summed E-state index contributed by atoms with van der Waals surface area (Å²) >= 11 is 0. The highest BCUT2D eigenvalue weighted by Crippen LogP contribution is 2.18. The van der Waals surface area contributed by atoms with Crippen LogP contribution in [-0.4, -0.2) is 0 Å². The molecule has 15 heavy (non-hydrogen) atoms. The molecule has 80 valence electrons. The van der Waals surface area contributed by atoms with Crippen molar-refractivity contribution in [3.8, 4) is 0 Å². The topological polar surface area (TPSA) is 3.88 Å². The number of hydrogen-bond acceptors (Lipinski definition) is 0. The molecule has 0 aliphatic heterocycles. The van der Waals surface area contributed by atoms with E-state index in [0.29, 0.717) is 5.92 Å². The Morgan fingerprint density at radius 3 is 2.53 bits per heavy atom. The SMILES string of the molecule is CC(C)c1ccc2c(ccc[n+]2C)c1.[I-]. The van der Waals surface area contributed by atoms with Gasteiger partial charge >= 0.3 is 0 Å². The third-order valence-electron chi connectivity index (χ3n) is 2.68. The number of nitrogens with zero attached hydrogens (tertiary/aromatic N) is 1. The van der Waals surface area contributed by atoms with Gasteiger partial charge in [0.15, 0.2) is 6.20 Å². The van der Waals surface area contributed by atoms with E-state index >= 15 is 0 Å². The minimum atomic E-state index is 0. The first kappa shape index (κ1) is 12.4. The van der Waals surface area contributed by atoms with Gasteiger partial charge in [0.2, 0.25) is 5.52 Å². The third kappa shape index (κ3) is 2.48. The smallest absolute Gasteiger partial charge is 0.212 e. The Morgan fingerprint density at radius 2 is 1.87 bits per heavy atom. The zero-order valence-corrected chi connectivity index (χ0v) is 11.5. The van der Waals surface area contributed by atoms with E-state index in [1.165, 1.54) is 16.5 Å². The van der Waals surface area contributed by atoms with Crippen molar-refractivity contribution in [1.29, 1.82) is 0 Å². The predicted octanol–water partition coefficient (Wildman–Crippen LogP) is -0.208. The first-order chi connectivity index (χ1) is 6.68. The van der Waals surface area contributed by atoms with Gasteiger partial charge in [0, 0.05) is 17.5 Å². The van der Waals surface area contributed by atoms with Crippen LogP contribution in [0.5, 0.6) is 0 Å². The molecule has 0 radical (unpaired) electrons. The maximum atomic E-state index is 2.28. The molecule has 0 spiro atoms. The first-order valence-electron chi connectivity index (χ1n) is 5.07. The van der Waals surface area contributed by atoms with Gasteiger partial charge in [0.1, 0.15) is 7.05 Å². The number of halogens is 1. The van der Waals surface area contributed by atoms with Crippen molar-refractivity contribution in [3.05, 3.63) is 42.1 Å². The summed E-state index contributed by atoms with van der Waals surface area (Å²) in [7, 11) is 2.08. The molecule has 0 atom stereocenters. The minimum absolute atomic E-state index is 0. The van der Waals surface area contributed by atoms with Crippen LogP contribution in [0.2, 0.25) is 0 Å². The van der Waals surface area contributed by atoms with Gasteiger partial charge in [-0.2, -0.15) is 0 Å². The van der Waals surface area contributed by atoms with E-state index in [1.807, 2.05) is 0 Å². The number of hydrogen-bond donors (Lipinski definition) is 0. The molecule has 0 bridgehead atoms. The molecule has 0 saturated carbocycles. The monoisotopic (exact) mass is 313 g/mol. The second kappa shape index (κ2) is 4.92. The van der Waals surface area contributed by atoms with Gasteiger partial charge in [-0.05, 0) is 23.6 Å². The highest BCUT2D eigenvalue weighted by molar-refractivity contribution is 5.76. The fourth-order valence-electron chi connectivity index (χ4n) is 1.74. The zero-order valence-electron chi connectivity index (χ0n) is 9.37. The quantitative estimate of drug-likeness (QED) is 0.507. The summed E-state index contributed by atoms with van der Waals surface area (Å²) in [6, 6.07) is 10.9. The summed E-state index contributed by atoms with van der Waals surface area (Å²) in [5, 5.41) is 1.32. The highest BCUT2D eigenvalue weighted by atomic mass is 127. The molecular formula is C13H16IN. The van der Waals surface area contributed by atoms with Crippen molar-refractivity contribution in [1.82, 2.24) is 0 Å². The summed E-state index contributed by atoms with van der Waals surface area (Å²) in [5.41, 5.74) is 2.70. The molecule has 0 unspecified atom stereocenters. The lowest BCUT2D eigenvalue weighted by Crippen LogP contribution is -3.00. The van der Waals surface area contributed by atoms with E-state index in [4.69, 9.17) is 0 Å². The maximum Gasteiger partial charge on any atom is 0.212 e. The number of aromatic nitrogens is 1. The van der Waals surface area contributed by atoms with Crippen LogP contribution in [0.1, 0.15) is 25.3 Å². The lowest BCUT2D eigenvalue weighted by atomic mass is 10.0. The Hall–Kier alpha value is -0.640. The van der Waals surface area contributed by atoms with Gasteiger partial charge in [-0.25, -0.2) is 4.57 Å². The molecule has 1 aromatic heterocycles. The Balaban J connectivity index is 0.00000112. The lowest BCUT2D eigenvalue weighted by molar-refractivity contribution is -0.644. The predicted molar refractivity (Wildman–Crippen MR) is 59.2 cm³/mol. The molecule has 0 amide bonds. The Labute approximate surface area is 108 Å². The number of rotatable bonds is 1. The van der Waals surface area contributed by atoms with E-state index < -0.39 is 0 Å². The van der Waals surface area contributed by atoms with Gasteiger partial charge in [-0.3, -0.25) is 0 Å². The van der Waals surface area contributed by atoms with Crippen LogP contribution in [0.15, 0.2) is 36.5 Å². The number of aryl methyl sites for hydroxylation is 1. The Bertz CT molecular complexity index is 463. The van der Waals surface area contributed by atoms with Crippen molar-refractivity contribution < 1.29 is 28.5 Å². The maximum absolute atomic E-state index is 2.28. The van der Waals surface area contributed by atoms with Crippen LogP contribution < -0.4 is 28.5 Å². The largest absolute Gasteiger partial charge is 1.00 e. The van der Waals surface area contributed by atoms with Crippen LogP contribution in [0.25, 0.3) is 10.9 Å². The summed E-state index contributed by atoms with van der Waals surface area (Å²) in [5.74, 6) is 0.602. The molecule has 0 N–H and O–H groups in total. The van der Waals surface area contributed by atoms with Crippen LogP contribution in [0.3, 0.4) is 0 Å². The van der Waals surface area contributed by atoms with Crippen LogP contribution in [-0.2, 0) is 7.05 Å². The second-order valence-corrected chi connectivity index (χ2v) is 4.09. The van der Waals surface area contributed by atoms with Crippen molar-refractivity contribution in [2.24, 2.45) is 7.05 Å². The normalized spacial score (nSPS) is 10.4. The molecule has 2 rings (SSSR count). The van der Waals surface area contributed by atoms with E-state index in [9.17, 15) is 0 Å². The van der Waals surface area contributed by atoms with Gasteiger partial charge in [0.05, 0.1) is 0 Å². The molecule has 0 saturated heterocycles. The molecule has 2 aromatic rings. The standard InChI is InChI=1S/C13H16N.HI/c1-10(2)11-6-7-13-12(9-11)5-4-8-14(13)3;/h4-10H,1-3H3;1H/q+1;/p-1. The molecule has 2 heteroatoms. The number of pyridine rings is 1. The van der Waals surface area contributed by atoms with Gasteiger partial charge in [-0.15, -0.1) is 0 Å². The lowest BCUT2D eigenvalue weighted by Gasteiger charge is -2.05. The van der Waals surface area contributed by atoms with Crippen molar-refractivity contribution in [3.63, 3.8) is 0 Å². The summed E-state index contributed by atoms with van der Waals surface area (Å²) in [4.78, 5) is 0. The van der Waals surface area contributed by atoms with E-state index in [0.717, 1.165) is 0 Å². The number of benzene rings is 1. The van der Waals surface area contributed by atoms with Gasteiger partial charge in [-0.1, -0.05) is 19.9 Å². The number of fused-ring (bicyclic) bond motifs is 1. The minimum Gasteiger partial charge on any atom is -1.00 e. The van der Waals surface area contributed by atoms with Crippen LogP contribution in [0.4, 0.5) is 0 Å². The van der Waals surface area contributed by atoms with E-state index in [-0.39, 0.29) is 24.0 Å². The van der Waals surface area contributed by atoms with E-state index in [2.05, 4.69) is 62.0 Å². The Kier molecular flexibility index (Phi) is 4.08. The van der Waals surface area contributed by atoms with Crippen molar-refractivity contribution >= 4 is 10.9 Å². The average Bonchev–Trinajstić information content (AvgIpc) is 2.17. The van der Waals surface area contributed by atoms with E-state index in [1.54, 1.807) is 0 Å². The molecule has 0 aliphatic rings. The summed E-state index contributed by atoms with van der Waals surface area (Å²) < 4.78 is 2.15. The van der Waals surface area contributed by atoms with Crippen molar-refractivity contribution in [2.75, 3.05) is 0 Å². The molecule has 0 aliphatic carbocycles. The molecule has 1 aromatic carbocycles. The second-order valence-electron chi connectivity index (χ2n) is 4.09. The third-order valence-corrected chi connectivity index (χ3v) is 2.68. The fourth-order valence-corrected chi connectivity index (χ4v) is 1.74. The van der Waals surface area contributed by atoms with Gasteiger partial charge < -0.3 is 24.0 Å². The highest BCUT2D eigenvalue weighted by Gasteiger charge is 2.05. The first-order valence-corrected chi connectivity index (χ1v) is 5.07. The summed E-state index contributed by atoms with van der Waals surface area (Å²) in [6.07, 6.45) is 2.08. The van der Waals surface area contributed by atoms with Crippen LogP contribution in [0, 0.1) is 0 Å². The average molecular weight is 313 g/mol. The Morgan fingerprint density at radius 1 is 1.13 bits per heavy atom. The molecule has 1 nitrogen and oxygen atoms in total. The molecule has 0 fully saturated rings. The molecular weight excluding hydrogens is 297 g/mol. The van der Waals surface area contributed by atoms with Gasteiger partial charge in [0.25, 0.3) is 0 Å². The molecule has 1 heterocycles. The zero-order chi connectivity index (χ0) is 10.1. The van der Waals surface area contributed by atoms with Crippen molar-refractivity contribution in [2.45, 2.75) is 19.8 Å². The summed E-state index contributed by atoms with van der Waals surface area (Å²) in [6.45, 7) is 4.45. The van der Waals surface area contributed by atoms with Crippen LogP contribution >= 0.6 is 0 Å².